The molecule has 0 saturated carbocycles. The number of halogens is 1. The quantitative estimate of drug-likeness (QED) is 0.496. The van der Waals surface area contributed by atoms with Crippen molar-refractivity contribution in [2.45, 2.75) is 6.61 Å². The van der Waals surface area contributed by atoms with Gasteiger partial charge in [-0.1, -0.05) is 42.5 Å². The van der Waals surface area contributed by atoms with Crippen molar-refractivity contribution in [2.24, 2.45) is 0 Å². The SMILES string of the molecule is Nc1ccc(NC(=O)/C=C/c2ccc(OCc3ccccc3)cc2)cc1F. The predicted molar refractivity (Wildman–Crippen MR) is 106 cm³/mol. The van der Waals surface area contributed by atoms with Gasteiger partial charge in [-0.25, -0.2) is 4.39 Å². The predicted octanol–water partition coefficient (Wildman–Crippen LogP) is 4.64. The number of amides is 1. The molecule has 0 unspecified atom stereocenters. The van der Waals surface area contributed by atoms with Gasteiger partial charge >= 0.3 is 0 Å². The maximum Gasteiger partial charge on any atom is 0.248 e. The van der Waals surface area contributed by atoms with E-state index in [4.69, 9.17) is 10.5 Å². The fourth-order valence-corrected chi connectivity index (χ4v) is 2.38. The van der Waals surface area contributed by atoms with Crippen LogP contribution >= 0.6 is 0 Å². The Morgan fingerprint density at radius 1 is 1.04 bits per heavy atom. The van der Waals surface area contributed by atoms with Crippen molar-refractivity contribution in [2.75, 3.05) is 11.1 Å². The van der Waals surface area contributed by atoms with Crippen molar-refractivity contribution < 1.29 is 13.9 Å². The Morgan fingerprint density at radius 2 is 1.78 bits per heavy atom. The molecule has 3 aromatic rings. The van der Waals surface area contributed by atoms with Gasteiger partial charge in [0.25, 0.3) is 0 Å². The molecule has 0 aromatic heterocycles. The lowest BCUT2D eigenvalue weighted by Crippen LogP contribution is -2.08. The molecular formula is C22H19FN2O2. The molecule has 3 N–H and O–H groups in total. The van der Waals surface area contributed by atoms with Gasteiger partial charge in [-0.05, 0) is 47.5 Å². The number of anilines is 2. The molecule has 0 radical (unpaired) electrons. The molecule has 1 amide bonds. The molecule has 27 heavy (non-hydrogen) atoms. The lowest BCUT2D eigenvalue weighted by molar-refractivity contribution is -0.111. The first-order chi connectivity index (χ1) is 13.1. The third-order valence-corrected chi connectivity index (χ3v) is 3.82. The zero-order valence-corrected chi connectivity index (χ0v) is 14.6. The van der Waals surface area contributed by atoms with E-state index >= 15 is 0 Å². The number of rotatable bonds is 6. The summed E-state index contributed by atoms with van der Waals surface area (Å²) in [4.78, 5) is 11.9. The Labute approximate surface area is 157 Å². The van der Waals surface area contributed by atoms with Crippen LogP contribution in [-0.2, 0) is 11.4 Å². The molecule has 0 bridgehead atoms. The van der Waals surface area contributed by atoms with Crippen LogP contribution in [0.5, 0.6) is 5.75 Å². The van der Waals surface area contributed by atoms with Crippen LogP contribution in [-0.4, -0.2) is 5.91 Å². The highest BCUT2D eigenvalue weighted by molar-refractivity contribution is 6.02. The summed E-state index contributed by atoms with van der Waals surface area (Å²) in [6.07, 6.45) is 3.05. The van der Waals surface area contributed by atoms with E-state index in [9.17, 15) is 9.18 Å². The van der Waals surface area contributed by atoms with Crippen LogP contribution in [0.3, 0.4) is 0 Å². The van der Waals surface area contributed by atoms with Crippen molar-refractivity contribution in [1.29, 1.82) is 0 Å². The number of ether oxygens (including phenoxy) is 1. The third-order valence-electron chi connectivity index (χ3n) is 3.82. The van der Waals surface area contributed by atoms with E-state index in [1.54, 1.807) is 12.1 Å². The molecule has 0 aliphatic carbocycles. The zero-order valence-electron chi connectivity index (χ0n) is 14.6. The fraction of sp³-hybridized carbons (Fsp3) is 0.0455. The molecule has 4 nitrogen and oxygen atoms in total. The topological polar surface area (TPSA) is 64.3 Å². The summed E-state index contributed by atoms with van der Waals surface area (Å²) in [5.41, 5.74) is 7.74. The van der Waals surface area contributed by atoms with Crippen LogP contribution in [0.25, 0.3) is 6.08 Å². The summed E-state index contributed by atoms with van der Waals surface area (Å²) in [6.45, 7) is 0.497. The molecule has 0 spiro atoms. The van der Waals surface area contributed by atoms with Gasteiger partial charge in [0, 0.05) is 11.8 Å². The Balaban J connectivity index is 1.53. The Morgan fingerprint density at radius 3 is 2.48 bits per heavy atom. The first-order valence-corrected chi connectivity index (χ1v) is 8.41. The normalized spacial score (nSPS) is 10.7. The average Bonchev–Trinajstić information content (AvgIpc) is 2.69. The van der Waals surface area contributed by atoms with Crippen molar-refractivity contribution in [3.63, 3.8) is 0 Å². The van der Waals surface area contributed by atoms with Crippen molar-refractivity contribution in [3.05, 3.63) is 95.8 Å². The monoisotopic (exact) mass is 362 g/mol. The van der Waals surface area contributed by atoms with Gasteiger partial charge in [0.1, 0.15) is 18.2 Å². The summed E-state index contributed by atoms with van der Waals surface area (Å²) < 4.78 is 19.1. The minimum absolute atomic E-state index is 0.0399. The number of nitrogen functional groups attached to an aromatic ring is 1. The molecule has 3 aromatic carbocycles. The first kappa shape index (κ1) is 18.2. The van der Waals surface area contributed by atoms with Gasteiger partial charge in [-0.2, -0.15) is 0 Å². The number of hydrogen-bond acceptors (Lipinski definition) is 3. The Kier molecular flexibility index (Phi) is 5.84. The van der Waals surface area contributed by atoms with Crippen molar-refractivity contribution >= 4 is 23.4 Å². The highest BCUT2D eigenvalue weighted by Crippen LogP contribution is 2.17. The number of nitrogens with two attached hydrogens (primary N) is 1. The van der Waals surface area contributed by atoms with Gasteiger partial charge < -0.3 is 15.8 Å². The molecule has 3 rings (SSSR count). The second-order valence-corrected chi connectivity index (χ2v) is 5.90. The molecule has 0 saturated heterocycles. The van der Waals surface area contributed by atoms with E-state index in [2.05, 4.69) is 5.32 Å². The maximum absolute atomic E-state index is 13.4. The number of carbonyl (C=O) groups excluding carboxylic acids is 1. The van der Waals surface area contributed by atoms with E-state index < -0.39 is 5.82 Å². The van der Waals surface area contributed by atoms with Crippen molar-refractivity contribution in [3.8, 4) is 5.75 Å². The highest BCUT2D eigenvalue weighted by Gasteiger charge is 2.02. The van der Waals surface area contributed by atoms with Crippen LogP contribution in [0.4, 0.5) is 15.8 Å². The van der Waals surface area contributed by atoms with Crippen LogP contribution in [0, 0.1) is 5.82 Å². The Hall–Kier alpha value is -3.60. The Bertz CT molecular complexity index is 938. The largest absolute Gasteiger partial charge is 0.489 e. The lowest BCUT2D eigenvalue weighted by atomic mass is 10.2. The van der Waals surface area contributed by atoms with Gasteiger partial charge in [-0.15, -0.1) is 0 Å². The third kappa shape index (κ3) is 5.44. The summed E-state index contributed by atoms with van der Waals surface area (Å²) in [5.74, 6) is -0.177. The molecule has 5 heteroatoms. The van der Waals surface area contributed by atoms with Crippen LogP contribution in [0.2, 0.25) is 0 Å². The molecule has 0 heterocycles. The second-order valence-electron chi connectivity index (χ2n) is 5.90. The highest BCUT2D eigenvalue weighted by atomic mass is 19.1. The zero-order chi connectivity index (χ0) is 19.1. The van der Waals surface area contributed by atoms with E-state index in [1.807, 2.05) is 54.6 Å². The van der Waals surface area contributed by atoms with Gasteiger partial charge in [0.05, 0.1) is 5.69 Å². The standard InChI is InChI=1S/C22H19FN2O2/c23-20-14-18(9-12-21(20)24)25-22(26)13-8-16-6-10-19(11-7-16)27-15-17-4-2-1-3-5-17/h1-14H,15,24H2,(H,25,26)/b13-8+. The van der Waals surface area contributed by atoms with E-state index in [0.717, 1.165) is 16.9 Å². The van der Waals surface area contributed by atoms with E-state index in [1.165, 1.54) is 18.2 Å². The van der Waals surface area contributed by atoms with Gasteiger partial charge in [0.2, 0.25) is 5.91 Å². The van der Waals surface area contributed by atoms with E-state index in [-0.39, 0.29) is 11.6 Å². The summed E-state index contributed by atoms with van der Waals surface area (Å²) in [5, 5.41) is 2.58. The lowest BCUT2D eigenvalue weighted by Gasteiger charge is -2.06. The maximum atomic E-state index is 13.4. The minimum Gasteiger partial charge on any atom is -0.489 e. The van der Waals surface area contributed by atoms with Crippen molar-refractivity contribution in [1.82, 2.24) is 0 Å². The second kappa shape index (κ2) is 8.67. The fourth-order valence-electron chi connectivity index (χ4n) is 2.38. The average molecular weight is 362 g/mol. The number of nitrogens with one attached hydrogen (secondary N) is 1. The van der Waals surface area contributed by atoms with Crippen LogP contribution in [0.15, 0.2) is 78.9 Å². The molecule has 136 valence electrons. The molecule has 0 atom stereocenters. The number of hydrogen-bond donors (Lipinski definition) is 2. The van der Waals surface area contributed by atoms with E-state index in [0.29, 0.717) is 12.3 Å². The van der Waals surface area contributed by atoms with Crippen LogP contribution < -0.4 is 15.8 Å². The summed E-state index contributed by atoms with van der Waals surface area (Å²) in [7, 11) is 0. The smallest absolute Gasteiger partial charge is 0.248 e. The number of carbonyl (C=O) groups is 1. The summed E-state index contributed by atoms with van der Waals surface area (Å²) in [6, 6.07) is 21.4. The van der Waals surface area contributed by atoms with Gasteiger partial charge in [0.15, 0.2) is 0 Å². The number of benzene rings is 3. The summed E-state index contributed by atoms with van der Waals surface area (Å²) >= 11 is 0. The first-order valence-electron chi connectivity index (χ1n) is 8.41. The molecule has 0 fully saturated rings. The molecule has 0 aliphatic heterocycles. The van der Waals surface area contributed by atoms with Gasteiger partial charge in [-0.3, -0.25) is 4.79 Å². The van der Waals surface area contributed by atoms with Crippen LogP contribution in [0.1, 0.15) is 11.1 Å². The minimum atomic E-state index is -0.567. The molecular weight excluding hydrogens is 343 g/mol. The molecule has 0 aliphatic rings.